The molecule has 1 fully saturated rings. The number of nitrogens with one attached hydrogen (secondary N) is 2. The van der Waals surface area contributed by atoms with E-state index in [9.17, 15) is 13.2 Å². The Balaban J connectivity index is 2.22. The van der Waals surface area contributed by atoms with Gasteiger partial charge in [0.1, 0.15) is 0 Å². The highest BCUT2D eigenvalue weighted by molar-refractivity contribution is 5.28. The zero-order valence-corrected chi connectivity index (χ0v) is 10.9. The van der Waals surface area contributed by atoms with E-state index in [2.05, 4.69) is 10.6 Å². The monoisotopic (exact) mass is 272 g/mol. The summed E-state index contributed by atoms with van der Waals surface area (Å²) >= 11 is 0. The Morgan fingerprint density at radius 1 is 1.37 bits per heavy atom. The smallest absolute Gasteiger partial charge is 0.316 e. The number of piperidine rings is 1. The maximum absolute atomic E-state index is 12.7. The topological polar surface area (TPSA) is 24.1 Å². The Hall–Kier alpha value is -1.07. The average Bonchev–Trinajstić information content (AvgIpc) is 2.40. The summed E-state index contributed by atoms with van der Waals surface area (Å²) in [5, 5.41) is 6.46. The molecule has 1 aromatic rings. The second kappa shape index (κ2) is 5.92. The first-order chi connectivity index (χ1) is 9.02. The van der Waals surface area contributed by atoms with Crippen LogP contribution >= 0.6 is 0 Å². The van der Waals surface area contributed by atoms with Crippen LogP contribution in [0.2, 0.25) is 0 Å². The van der Waals surface area contributed by atoms with Crippen LogP contribution < -0.4 is 10.6 Å². The first-order valence-electron chi connectivity index (χ1n) is 6.57. The van der Waals surface area contributed by atoms with Crippen LogP contribution in [0.3, 0.4) is 0 Å². The molecule has 0 aliphatic carbocycles. The highest BCUT2D eigenvalue weighted by Gasteiger charge is 2.32. The van der Waals surface area contributed by atoms with E-state index < -0.39 is 11.7 Å². The Bertz CT molecular complexity index is 411. The first kappa shape index (κ1) is 14.3. The predicted molar refractivity (Wildman–Crippen MR) is 68.8 cm³/mol. The SMILES string of the molecule is CNC(c1cccc(C(F)(F)F)c1)C1CCCNC1. The lowest BCUT2D eigenvalue weighted by Crippen LogP contribution is -2.37. The van der Waals surface area contributed by atoms with Crippen molar-refractivity contribution in [2.24, 2.45) is 5.92 Å². The van der Waals surface area contributed by atoms with Crippen LogP contribution in [-0.4, -0.2) is 20.1 Å². The van der Waals surface area contributed by atoms with Crippen molar-refractivity contribution in [1.82, 2.24) is 10.6 Å². The molecule has 5 heteroatoms. The summed E-state index contributed by atoms with van der Waals surface area (Å²) < 4.78 is 38.2. The lowest BCUT2D eigenvalue weighted by molar-refractivity contribution is -0.137. The van der Waals surface area contributed by atoms with Gasteiger partial charge in [0.25, 0.3) is 0 Å². The van der Waals surface area contributed by atoms with Gasteiger partial charge in [0, 0.05) is 6.04 Å². The molecule has 1 heterocycles. The molecule has 2 rings (SSSR count). The Kier molecular flexibility index (Phi) is 4.47. The summed E-state index contributed by atoms with van der Waals surface area (Å²) in [6, 6.07) is 5.60. The van der Waals surface area contributed by atoms with Crippen LogP contribution in [0.5, 0.6) is 0 Å². The second-order valence-corrected chi connectivity index (χ2v) is 5.00. The van der Waals surface area contributed by atoms with Crippen molar-refractivity contribution in [2.45, 2.75) is 25.1 Å². The molecule has 106 valence electrons. The molecule has 2 nitrogen and oxygen atoms in total. The standard InChI is InChI=1S/C14H19F3N2/c1-18-13(11-5-3-7-19-9-11)10-4-2-6-12(8-10)14(15,16)17/h2,4,6,8,11,13,18-19H,3,5,7,9H2,1H3. The van der Waals surface area contributed by atoms with Gasteiger partial charge in [0.2, 0.25) is 0 Å². The van der Waals surface area contributed by atoms with Gasteiger partial charge in [0.05, 0.1) is 5.56 Å². The summed E-state index contributed by atoms with van der Waals surface area (Å²) in [4.78, 5) is 0. The predicted octanol–water partition coefficient (Wildman–Crippen LogP) is 2.97. The van der Waals surface area contributed by atoms with Crippen molar-refractivity contribution >= 4 is 0 Å². The van der Waals surface area contributed by atoms with Gasteiger partial charge in [-0.2, -0.15) is 13.2 Å². The van der Waals surface area contributed by atoms with Gasteiger partial charge in [-0.15, -0.1) is 0 Å². The van der Waals surface area contributed by atoms with E-state index in [4.69, 9.17) is 0 Å². The van der Waals surface area contributed by atoms with E-state index in [-0.39, 0.29) is 6.04 Å². The van der Waals surface area contributed by atoms with Crippen molar-refractivity contribution in [3.05, 3.63) is 35.4 Å². The van der Waals surface area contributed by atoms with Gasteiger partial charge in [-0.1, -0.05) is 12.1 Å². The molecule has 1 aromatic carbocycles. The molecule has 1 saturated heterocycles. The molecule has 0 amide bonds. The molecule has 1 aliphatic heterocycles. The Labute approximate surface area is 111 Å². The highest BCUT2D eigenvalue weighted by atomic mass is 19.4. The lowest BCUT2D eigenvalue weighted by Gasteiger charge is -2.31. The zero-order chi connectivity index (χ0) is 13.9. The first-order valence-corrected chi connectivity index (χ1v) is 6.57. The summed E-state index contributed by atoms with van der Waals surface area (Å²) in [5.41, 5.74) is 0.139. The Morgan fingerprint density at radius 3 is 2.74 bits per heavy atom. The van der Waals surface area contributed by atoms with Crippen molar-refractivity contribution in [3.8, 4) is 0 Å². The van der Waals surface area contributed by atoms with Crippen LogP contribution in [0, 0.1) is 5.92 Å². The third kappa shape index (κ3) is 3.48. The lowest BCUT2D eigenvalue weighted by atomic mass is 9.87. The van der Waals surface area contributed by atoms with Crippen molar-refractivity contribution in [3.63, 3.8) is 0 Å². The summed E-state index contributed by atoms with van der Waals surface area (Å²) in [6.45, 7) is 1.84. The third-order valence-electron chi connectivity index (χ3n) is 3.69. The molecule has 2 N–H and O–H groups in total. The number of hydrogen-bond donors (Lipinski definition) is 2. The minimum atomic E-state index is -4.28. The minimum absolute atomic E-state index is 0.0323. The van der Waals surface area contributed by atoms with Gasteiger partial charge in [-0.3, -0.25) is 0 Å². The van der Waals surface area contributed by atoms with E-state index in [0.29, 0.717) is 11.5 Å². The normalized spacial score (nSPS) is 22.2. The quantitative estimate of drug-likeness (QED) is 0.884. The van der Waals surface area contributed by atoms with E-state index in [1.807, 2.05) is 0 Å². The fraction of sp³-hybridized carbons (Fsp3) is 0.571. The molecule has 0 radical (unpaired) electrons. The van der Waals surface area contributed by atoms with Crippen molar-refractivity contribution < 1.29 is 13.2 Å². The summed E-state index contributed by atoms with van der Waals surface area (Å²) in [5.74, 6) is 0.335. The number of alkyl halides is 3. The molecule has 0 saturated carbocycles. The molecule has 1 aliphatic rings. The van der Waals surface area contributed by atoms with E-state index >= 15 is 0 Å². The molecule has 0 aromatic heterocycles. The van der Waals surface area contributed by atoms with Crippen LogP contribution in [-0.2, 0) is 6.18 Å². The third-order valence-corrected chi connectivity index (χ3v) is 3.69. The van der Waals surface area contributed by atoms with Crippen LogP contribution in [0.1, 0.15) is 30.0 Å². The van der Waals surface area contributed by atoms with Gasteiger partial charge >= 0.3 is 6.18 Å². The molecule has 19 heavy (non-hydrogen) atoms. The van der Waals surface area contributed by atoms with Crippen molar-refractivity contribution in [2.75, 3.05) is 20.1 Å². The molecular weight excluding hydrogens is 253 g/mol. The van der Waals surface area contributed by atoms with Crippen LogP contribution in [0.15, 0.2) is 24.3 Å². The second-order valence-electron chi connectivity index (χ2n) is 5.00. The maximum atomic E-state index is 12.7. The Morgan fingerprint density at radius 2 is 2.16 bits per heavy atom. The van der Waals surface area contributed by atoms with Gasteiger partial charge < -0.3 is 10.6 Å². The maximum Gasteiger partial charge on any atom is 0.416 e. The summed E-state index contributed by atoms with van der Waals surface area (Å²) in [6.07, 6.45) is -2.17. The van der Waals surface area contributed by atoms with E-state index in [1.54, 1.807) is 13.1 Å². The summed E-state index contributed by atoms with van der Waals surface area (Å²) in [7, 11) is 1.81. The van der Waals surface area contributed by atoms with Gasteiger partial charge in [0.15, 0.2) is 0 Å². The molecule has 0 spiro atoms. The number of rotatable bonds is 3. The number of halogens is 3. The van der Waals surface area contributed by atoms with Crippen molar-refractivity contribution in [1.29, 1.82) is 0 Å². The number of benzene rings is 1. The minimum Gasteiger partial charge on any atom is -0.316 e. The zero-order valence-electron chi connectivity index (χ0n) is 10.9. The molecular formula is C14H19F3N2. The molecule has 2 atom stereocenters. The largest absolute Gasteiger partial charge is 0.416 e. The van der Waals surface area contributed by atoms with Gasteiger partial charge in [-0.25, -0.2) is 0 Å². The fourth-order valence-electron chi connectivity index (χ4n) is 2.75. The molecule has 0 bridgehead atoms. The van der Waals surface area contributed by atoms with E-state index in [0.717, 1.165) is 32.0 Å². The van der Waals surface area contributed by atoms with E-state index in [1.165, 1.54) is 12.1 Å². The number of hydrogen-bond acceptors (Lipinski definition) is 2. The highest BCUT2D eigenvalue weighted by Crippen LogP contribution is 2.33. The van der Waals surface area contributed by atoms with Crippen LogP contribution in [0.4, 0.5) is 13.2 Å². The van der Waals surface area contributed by atoms with Crippen LogP contribution in [0.25, 0.3) is 0 Å². The fourth-order valence-corrected chi connectivity index (χ4v) is 2.75. The average molecular weight is 272 g/mol. The van der Waals surface area contributed by atoms with Gasteiger partial charge in [-0.05, 0) is 56.6 Å². The molecule has 2 unspecified atom stereocenters.